The largest absolute Gasteiger partial charge is 0.459 e. The summed E-state index contributed by atoms with van der Waals surface area (Å²) in [5.74, 6) is 0.169. The maximum atomic E-state index is 11.4. The molecule has 17 heavy (non-hydrogen) atoms. The van der Waals surface area contributed by atoms with Crippen molar-refractivity contribution in [2.75, 3.05) is 0 Å². The summed E-state index contributed by atoms with van der Waals surface area (Å²) in [6, 6.07) is 0. The van der Waals surface area contributed by atoms with Crippen molar-refractivity contribution in [1.82, 2.24) is 0 Å². The normalized spacial score (nSPS) is 25.5. The second-order valence-electron chi connectivity index (χ2n) is 5.70. The summed E-state index contributed by atoms with van der Waals surface area (Å²) < 4.78 is 5.45. The maximum Gasteiger partial charge on any atom is 0.330 e. The number of ether oxygens (including phenoxy) is 1. The molecule has 0 saturated heterocycles. The van der Waals surface area contributed by atoms with Crippen LogP contribution >= 0.6 is 0 Å². The summed E-state index contributed by atoms with van der Waals surface area (Å²) in [7, 11) is 0. The zero-order chi connectivity index (χ0) is 13.1. The predicted molar refractivity (Wildman–Crippen MR) is 70.6 cm³/mol. The van der Waals surface area contributed by atoms with E-state index in [1.54, 1.807) is 6.08 Å². The Hall–Kier alpha value is -1.05. The third-order valence-electron chi connectivity index (χ3n) is 3.63. The molecule has 0 aromatic rings. The van der Waals surface area contributed by atoms with E-state index in [9.17, 15) is 4.79 Å². The smallest absolute Gasteiger partial charge is 0.330 e. The van der Waals surface area contributed by atoms with E-state index in [2.05, 4.69) is 26.8 Å². The van der Waals surface area contributed by atoms with Gasteiger partial charge >= 0.3 is 5.97 Å². The van der Waals surface area contributed by atoms with Gasteiger partial charge in [0.2, 0.25) is 0 Å². The van der Waals surface area contributed by atoms with E-state index in [1.807, 2.05) is 13.8 Å². The number of hydrogen-bond donors (Lipinski definition) is 0. The van der Waals surface area contributed by atoms with E-state index in [4.69, 9.17) is 4.74 Å². The molecule has 0 heterocycles. The molecule has 1 aliphatic rings. The second kappa shape index (κ2) is 5.52. The highest BCUT2D eigenvalue weighted by Crippen LogP contribution is 2.42. The van der Waals surface area contributed by atoms with Gasteiger partial charge in [0.05, 0.1) is 0 Å². The van der Waals surface area contributed by atoms with Crippen LogP contribution in [0.4, 0.5) is 0 Å². The van der Waals surface area contributed by atoms with Crippen molar-refractivity contribution in [2.45, 2.75) is 53.6 Å². The molecule has 0 saturated carbocycles. The van der Waals surface area contributed by atoms with Gasteiger partial charge in [-0.2, -0.15) is 0 Å². The molecule has 96 valence electrons. The van der Waals surface area contributed by atoms with Gasteiger partial charge in [-0.15, -0.1) is 0 Å². The van der Waals surface area contributed by atoms with Gasteiger partial charge in [-0.3, -0.25) is 0 Å². The van der Waals surface area contributed by atoms with Crippen LogP contribution in [0.1, 0.15) is 47.5 Å². The quantitative estimate of drug-likeness (QED) is 0.422. The second-order valence-corrected chi connectivity index (χ2v) is 5.70. The molecule has 2 heteroatoms. The van der Waals surface area contributed by atoms with Crippen LogP contribution in [0.3, 0.4) is 0 Å². The topological polar surface area (TPSA) is 26.3 Å². The van der Waals surface area contributed by atoms with Gasteiger partial charge in [-0.05, 0) is 39.0 Å². The molecule has 0 spiro atoms. The summed E-state index contributed by atoms with van der Waals surface area (Å²) in [6.07, 6.45) is 7.53. The van der Waals surface area contributed by atoms with Crippen LogP contribution < -0.4 is 0 Å². The molecule has 0 aliphatic heterocycles. The third-order valence-corrected chi connectivity index (χ3v) is 3.63. The molecule has 1 rings (SSSR count). The van der Waals surface area contributed by atoms with Crippen molar-refractivity contribution in [1.29, 1.82) is 0 Å². The number of carbonyl (C=O) groups excluding carboxylic acids is 1. The highest BCUT2D eigenvalue weighted by atomic mass is 16.5. The van der Waals surface area contributed by atoms with Crippen LogP contribution in [0.5, 0.6) is 0 Å². The molecular formula is C15H24O2. The standard InChI is InChI=1S/C15H24O2/c1-6-7-14(16)17-12(3)13-9-8-11(2)10-15(13,4)5/h6-8,12-13H,9-10H2,1-5H3. The Bertz CT molecular complexity index is 337. The molecule has 2 atom stereocenters. The molecule has 0 aromatic heterocycles. The molecule has 0 radical (unpaired) electrons. The zero-order valence-corrected chi connectivity index (χ0v) is 11.6. The van der Waals surface area contributed by atoms with E-state index in [0.29, 0.717) is 5.92 Å². The summed E-state index contributed by atoms with van der Waals surface area (Å²) in [4.78, 5) is 11.4. The van der Waals surface area contributed by atoms with Gasteiger partial charge in [0, 0.05) is 12.0 Å². The first-order valence-corrected chi connectivity index (χ1v) is 6.35. The van der Waals surface area contributed by atoms with Crippen molar-refractivity contribution in [3.05, 3.63) is 23.8 Å². The van der Waals surface area contributed by atoms with E-state index in [0.717, 1.165) is 12.8 Å². The Morgan fingerprint density at radius 1 is 1.59 bits per heavy atom. The predicted octanol–water partition coefficient (Wildman–Crippen LogP) is 3.88. The minimum Gasteiger partial charge on any atom is -0.459 e. The van der Waals surface area contributed by atoms with Crippen LogP contribution in [-0.4, -0.2) is 12.1 Å². The third kappa shape index (κ3) is 3.72. The highest BCUT2D eigenvalue weighted by Gasteiger charge is 2.36. The number of carbonyl (C=O) groups is 1. The Balaban J connectivity index is 2.69. The van der Waals surface area contributed by atoms with Gasteiger partial charge in [-0.25, -0.2) is 4.79 Å². The molecule has 0 aromatic carbocycles. The van der Waals surface area contributed by atoms with Crippen molar-refractivity contribution >= 4 is 5.97 Å². The van der Waals surface area contributed by atoms with Crippen molar-refractivity contribution in [2.24, 2.45) is 11.3 Å². The van der Waals surface area contributed by atoms with Gasteiger partial charge in [0.1, 0.15) is 6.10 Å². The van der Waals surface area contributed by atoms with Gasteiger partial charge < -0.3 is 4.74 Å². The van der Waals surface area contributed by atoms with Crippen LogP contribution in [0.25, 0.3) is 0 Å². The lowest BCUT2D eigenvalue weighted by Gasteiger charge is -2.40. The lowest BCUT2D eigenvalue weighted by atomic mass is 9.67. The maximum absolute atomic E-state index is 11.4. The Kier molecular flexibility index (Phi) is 4.55. The van der Waals surface area contributed by atoms with Crippen molar-refractivity contribution < 1.29 is 9.53 Å². The van der Waals surface area contributed by atoms with E-state index < -0.39 is 0 Å². The van der Waals surface area contributed by atoms with Crippen LogP contribution in [-0.2, 0) is 9.53 Å². The fourth-order valence-corrected chi connectivity index (χ4v) is 2.84. The Labute approximate surface area is 105 Å². The van der Waals surface area contributed by atoms with Gasteiger partial charge in [0.15, 0.2) is 0 Å². The van der Waals surface area contributed by atoms with Gasteiger partial charge in [0.25, 0.3) is 0 Å². The summed E-state index contributed by atoms with van der Waals surface area (Å²) in [5.41, 5.74) is 1.65. The molecule has 0 N–H and O–H groups in total. The zero-order valence-electron chi connectivity index (χ0n) is 11.6. The molecule has 0 fully saturated rings. The van der Waals surface area contributed by atoms with E-state index in [-0.39, 0.29) is 17.5 Å². The molecule has 0 bridgehead atoms. The minimum atomic E-state index is -0.234. The monoisotopic (exact) mass is 236 g/mol. The van der Waals surface area contributed by atoms with Crippen LogP contribution in [0.15, 0.2) is 23.8 Å². The average Bonchev–Trinajstić information content (AvgIpc) is 2.15. The summed E-state index contributed by atoms with van der Waals surface area (Å²) in [5, 5.41) is 0. The number of allylic oxidation sites excluding steroid dienone is 3. The SMILES string of the molecule is CC=CC(=O)OC(C)C1CC=C(C)CC1(C)C. The lowest BCUT2D eigenvalue weighted by molar-refractivity contribution is -0.147. The molecular weight excluding hydrogens is 212 g/mol. The molecule has 1 aliphatic carbocycles. The number of rotatable bonds is 3. The van der Waals surface area contributed by atoms with E-state index >= 15 is 0 Å². The molecule has 2 nitrogen and oxygen atoms in total. The first kappa shape index (κ1) is 14.0. The Morgan fingerprint density at radius 3 is 2.76 bits per heavy atom. The fourth-order valence-electron chi connectivity index (χ4n) is 2.84. The molecule has 0 amide bonds. The van der Waals surface area contributed by atoms with Crippen LogP contribution in [0.2, 0.25) is 0 Å². The van der Waals surface area contributed by atoms with Crippen LogP contribution in [0, 0.1) is 11.3 Å². The van der Waals surface area contributed by atoms with Crippen molar-refractivity contribution in [3.8, 4) is 0 Å². The fraction of sp³-hybridized carbons (Fsp3) is 0.667. The first-order chi connectivity index (χ1) is 7.86. The first-order valence-electron chi connectivity index (χ1n) is 6.35. The minimum absolute atomic E-state index is 0.0296. The summed E-state index contributed by atoms with van der Waals surface area (Å²) in [6.45, 7) is 10.5. The highest BCUT2D eigenvalue weighted by molar-refractivity contribution is 5.81. The van der Waals surface area contributed by atoms with E-state index in [1.165, 1.54) is 11.6 Å². The Morgan fingerprint density at radius 2 is 2.24 bits per heavy atom. The molecule has 2 unspecified atom stereocenters. The number of hydrogen-bond acceptors (Lipinski definition) is 2. The van der Waals surface area contributed by atoms with Gasteiger partial charge in [-0.1, -0.05) is 31.6 Å². The van der Waals surface area contributed by atoms with Crippen molar-refractivity contribution in [3.63, 3.8) is 0 Å². The average molecular weight is 236 g/mol. The lowest BCUT2D eigenvalue weighted by Crippen LogP contribution is -2.37. The number of esters is 1. The summed E-state index contributed by atoms with van der Waals surface area (Å²) >= 11 is 0.